The highest BCUT2D eigenvalue weighted by atomic mass is 16.6. The number of esters is 1. The Morgan fingerprint density at radius 1 is 1.31 bits per heavy atom. The molecule has 1 saturated heterocycles. The lowest BCUT2D eigenvalue weighted by atomic mass is 9.87. The summed E-state index contributed by atoms with van der Waals surface area (Å²) in [7, 11) is 1.53. The maximum Gasteiger partial charge on any atom is 0.306 e. The number of fused-ring (bicyclic) bond motifs is 1. The van der Waals surface area contributed by atoms with E-state index in [1.54, 1.807) is 12.1 Å². The third kappa shape index (κ3) is 5.28. The van der Waals surface area contributed by atoms with Crippen molar-refractivity contribution in [3.63, 3.8) is 0 Å². The van der Waals surface area contributed by atoms with Crippen molar-refractivity contribution in [3.8, 4) is 0 Å². The smallest absolute Gasteiger partial charge is 0.306 e. The van der Waals surface area contributed by atoms with Crippen molar-refractivity contribution in [1.82, 2.24) is 14.6 Å². The van der Waals surface area contributed by atoms with Crippen LogP contribution in [0.2, 0.25) is 0 Å². The second kappa shape index (κ2) is 11.4. The number of nitrogens with zero attached hydrogens (tertiary/aromatic N) is 4. The Kier molecular flexibility index (Phi) is 8.32. The van der Waals surface area contributed by atoms with E-state index in [1.807, 2.05) is 6.92 Å². The Morgan fingerprint density at radius 3 is 2.81 bits per heavy atom. The second-order valence-corrected chi connectivity index (χ2v) is 9.59. The molecule has 196 valence electrons. The lowest BCUT2D eigenvalue weighted by Crippen LogP contribution is -2.43. The number of carbonyl (C=O) groups is 2. The van der Waals surface area contributed by atoms with Crippen molar-refractivity contribution < 1.29 is 29.3 Å². The highest BCUT2D eigenvalue weighted by molar-refractivity contribution is 5.93. The number of hydrogen-bond acceptors (Lipinski definition) is 9. The summed E-state index contributed by atoms with van der Waals surface area (Å²) in [4.78, 5) is 32.8. The Bertz CT molecular complexity index is 1100. The number of aliphatic hydroxyl groups is 2. The molecule has 1 aliphatic heterocycles. The molecule has 3 N–H and O–H groups in total. The molecule has 1 aliphatic carbocycles. The summed E-state index contributed by atoms with van der Waals surface area (Å²) in [6.07, 6.45) is 5.90. The number of aromatic nitrogens is 3. The zero-order valence-electron chi connectivity index (χ0n) is 20.8. The summed E-state index contributed by atoms with van der Waals surface area (Å²) in [5, 5.41) is 29.0. The van der Waals surface area contributed by atoms with E-state index in [2.05, 4.69) is 20.4 Å². The first-order valence-electron chi connectivity index (χ1n) is 12.7. The largest absolute Gasteiger partial charge is 0.463 e. The average molecular weight is 502 g/mol. The Balaban J connectivity index is 1.54. The van der Waals surface area contributed by atoms with E-state index in [0.29, 0.717) is 42.2 Å². The van der Waals surface area contributed by atoms with Crippen LogP contribution in [0.1, 0.15) is 64.0 Å². The molecule has 2 aromatic heterocycles. The summed E-state index contributed by atoms with van der Waals surface area (Å²) >= 11 is 0. The van der Waals surface area contributed by atoms with Gasteiger partial charge in [0, 0.05) is 26.1 Å². The minimum absolute atomic E-state index is 0.173. The monoisotopic (exact) mass is 501 g/mol. The number of rotatable bonds is 9. The van der Waals surface area contributed by atoms with Crippen LogP contribution >= 0.6 is 0 Å². The Morgan fingerprint density at radius 2 is 2.08 bits per heavy atom. The fraction of sp³-hybridized carbons (Fsp3) is 0.640. The molecule has 0 aromatic carbocycles. The minimum atomic E-state index is -1.56. The predicted octanol–water partition coefficient (Wildman–Crippen LogP) is 2.00. The van der Waals surface area contributed by atoms with Crippen LogP contribution in [-0.4, -0.2) is 74.9 Å². The van der Waals surface area contributed by atoms with Crippen LogP contribution in [0.3, 0.4) is 0 Å². The molecule has 3 heterocycles. The summed E-state index contributed by atoms with van der Waals surface area (Å²) in [6.45, 7) is 1.71. The number of hydrogen-bond donors (Lipinski definition) is 3. The van der Waals surface area contributed by atoms with E-state index in [1.165, 1.54) is 30.5 Å². The molecule has 0 radical (unpaired) electrons. The topological polar surface area (TPSA) is 148 Å². The van der Waals surface area contributed by atoms with Gasteiger partial charge in [-0.05, 0) is 37.3 Å². The molecule has 0 spiro atoms. The van der Waals surface area contributed by atoms with Crippen molar-refractivity contribution in [3.05, 3.63) is 24.2 Å². The highest BCUT2D eigenvalue weighted by Crippen LogP contribution is 2.40. The number of ether oxygens (including phenoxy) is 2. The maximum absolute atomic E-state index is 12.4. The standard InChI is InChI=1S/C25H35N5O6/c1-3-7-20(31)29-24-17-10-11-19(30(17)28-15-27-24)25(14-26-2)23(34)22(33)18(36-25)13-35-21(32)12-16-8-5-4-6-9-16/h10-11,14-16,18,22-23,33-34H,3-9,12-13H2,1-2H3,(H,27,28,29,31)/t18-,22-,23-,25+/m1/s1. The van der Waals surface area contributed by atoms with Crippen LogP contribution in [0.4, 0.5) is 5.82 Å². The maximum atomic E-state index is 12.4. The molecule has 36 heavy (non-hydrogen) atoms. The molecule has 4 rings (SSSR count). The molecule has 0 unspecified atom stereocenters. The summed E-state index contributed by atoms with van der Waals surface area (Å²) in [5.74, 6) is 0.145. The number of aliphatic imine (C=N–C) groups is 1. The van der Waals surface area contributed by atoms with E-state index < -0.39 is 23.9 Å². The third-order valence-corrected chi connectivity index (χ3v) is 6.99. The van der Waals surface area contributed by atoms with Gasteiger partial charge >= 0.3 is 5.97 Å². The molecule has 1 amide bonds. The first-order valence-corrected chi connectivity index (χ1v) is 12.7. The van der Waals surface area contributed by atoms with Crippen LogP contribution in [0.5, 0.6) is 0 Å². The van der Waals surface area contributed by atoms with Crippen LogP contribution in [-0.2, 0) is 24.7 Å². The van der Waals surface area contributed by atoms with Crippen LogP contribution in [0.15, 0.2) is 23.5 Å². The van der Waals surface area contributed by atoms with Crippen molar-refractivity contribution in [1.29, 1.82) is 0 Å². The van der Waals surface area contributed by atoms with Gasteiger partial charge in [0.05, 0.1) is 5.69 Å². The molecule has 4 atom stereocenters. The van der Waals surface area contributed by atoms with Gasteiger partial charge in [-0.3, -0.25) is 14.6 Å². The minimum Gasteiger partial charge on any atom is -0.463 e. The van der Waals surface area contributed by atoms with E-state index in [9.17, 15) is 19.8 Å². The van der Waals surface area contributed by atoms with Gasteiger partial charge in [-0.15, -0.1) is 0 Å². The molecule has 0 bridgehead atoms. The van der Waals surface area contributed by atoms with Gasteiger partial charge in [0.15, 0.2) is 11.4 Å². The Labute approximate surface area is 209 Å². The van der Waals surface area contributed by atoms with E-state index in [4.69, 9.17) is 9.47 Å². The average Bonchev–Trinajstić information content (AvgIpc) is 3.40. The molecule has 2 aromatic rings. The van der Waals surface area contributed by atoms with Crippen LogP contribution in [0, 0.1) is 5.92 Å². The van der Waals surface area contributed by atoms with Crippen LogP contribution in [0.25, 0.3) is 5.52 Å². The third-order valence-electron chi connectivity index (χ3n) is 6.99. The first-order chi connectivity index (χ1) is 17.4. The normalized spacial score (nSPS) is 27.1. The van der Waals surface area contributed by atoms with Gasteiger partial charge in [-0.25, -0.2) is 9.50 Å². The Hall–Kier alpha value is -2.89. The van der Waals surface area contributed by atoms with Crippen molar-refractivity contribution in [2.45, 2.75) is 82.2 Å². The van der Waals surface area contributed by atoms with Gasteiger partial charge < -0.3 is 25.0 Å². The molecular weight excluding hydrogens is 466 g/mol. The van der Waals surface area contributed by atoms with E-state index in [0.717, 1.165) is 25.7 Å². The summed E-state index contributed by atoms with van der Waals surface area (Å²) < 4.78 is 13.1. The summed E-state index contributed by atoms with van der Waals surface area (Å²) in [5.41, 5.74) is -0.673. The SMILES string of the molecule is CCCC(=O)Nc1ncnn2c([C@]3(C=NC)O[C@H](COC(=O)CC4CCCCC4)[C@@H](O)[C@H]3O)ccc12. The van der Waals surface area contributed by atoms with Crippen LogP contribution < -0.4 is 5.32 Å². The number of anilines is 1. The fourth-order valence-corrected chi connectivity index (χ4v) is 5.16. The molecule has 11 nitrogen and oxygen atoms in total. The lowest BCUT2D eigenvalue weighted by molar-refractivity contribution is -0.151. The fourth-order valence-electron chi connectivity index (χ4n) is 5.16. The molecule has 2 fully saturated rings. The molecule has 11 heteroatoms. The number of carbonyl (C=O) groups excluding carboxylic acids is 2. The molecule has 1 saturated carbocycles. The second-order valence-electron chi connectivity index (χ2n) is 9.59. The van der Waals surface area contributed by atoms with Crippen molar-refractivity contribution >= 4 is 29.4 Å². The van der Waals surface area contributed by atoms with Crippen molar-refractivity contribution in [2.75, 3.05) is 19.0 Å². The number of nitrogens with one attached hydrogen (secondary N) is 1. The van der Waals surface area contributed by atoms with Gasteiger partial charge in [-0.1, -0.05) is 26.2 Å². The number of amides is 1. The lowest BCUT2D eigenvalue weighted by Gasteiger charge is -2.27. The molecule has 2 aliphatic rings. The van der Waals surface area contributed by atoms with Gasteiger partial charge in [0.25, 0.3) is 0 Å². The van der Waals surface area contributed by atoms with E-state index in [-0.39, 0.29) is 18.5 Å². The van der Waals surface area contributed by atoms with Gasteiger partial charge in [0.2, 0.25) is 5.91 Å². The van der Waals surface area contributed by atoms with E-state index >= 15 is 0 Å². The van der Waals surface area contributed by atoms with Crippen molar-refractivity contribution in [2.24, 2.45) is 10.9 Å². The zero-order valence-corrected chi connectivity index (χ0v) is 20.8. The van der Waals surface area contributed by atoms with Gasteiger partial charge in [0.1, 0.15) is 36.8 Å². The summed E-state index contributed by atoms with van der Waals surface area (Å²) in [6, 6.07) is 3.37. The molecular formula is C25H35N5O6. The number of aliphatic hydroxyl groups excluding tert-OH is 2. The zero-order chi connectivity index (χ0) is 25.7. The highest BCUT2D eigenvalue weighted by Gasteiger charge is 2.56. The van der Waals surface area contributed by atoms with Gasteiger partial charge in [-0.2, -0.15) is 5.10 Å². The first kappa shape index (κ1) is 26.2. The predicted molar refractivity (Wildman–Crippen MR) is 132 cm³/mol. The quantitative estimate of drug-likeness (QED) is 0.349.